The number of carbonyl (C=O) groups is 1. The Kier molecular flexibility index (Phi) is 5.40. The van der Waals surface area contributed by atoms with Crippen molar-refractivity contribution in [1.29, 1.82) is 0 Å². The second kappa shape index (κ2) is 7.07. The molecule has 0 aromatic heterocycles. The third-order valence-corrected chi connectivity index (χ3v) is 4.25. The van der Waals surface area contributed by atoms with Crippen LogP contribution in [0.1, 0.15) is 41.6 Å². The Bertz CT molecular complexity index is 471. The number of aliphatic hydroxyl groups is 1. The van der Waals surface area contributed by atoms with Crippen LogP contribution in [0.15, 0.2) is 18.2 Å². The molecule has 1 aromatic rings. The molecule has 110 valence electrons. The zero-order valence-corrected chi connectivity index (χ0v) is 12.2. The van der Waals surface area contributed by atoms with Crippen LogP contribution in [-0.2, 0) is 6.54 Å². The van der Waals surface area contributed by atoms with Gasteiger partial charge in [-0.25, -0.2) is 0 Å². The van der Waals surface area contributed by atoms with Crippen LogP contribution < -0.4 is 11.1 Å². The SMILES string of the molecule is NC(=O)c1ccc(CNCC2CCC(O)CC2)c(Cl)c1. The molecule has 4 nitrogen and oxygen atoms in total. The Balaban J connectivity index is 1.81. The summed E-state index contributed by atoms with van der Waals surface area (Å²) in [5, 5.41) is 13.4. The van der Waals surface area contributed by atoms with Gasteiger partial charge in [-0.2, -0.15) is 0 Å². The lowest BCUT2D eigenvalue weighted by atomic mass is 9.87. The average Bonchev–Trinajstić information content (AvgIpc) is 2.42. The van der Waals surface area contributed by atoms with Crippen molar-refractivity contribution in [3.63, 3.8) is 0 Å². The molecular formula is C15H21ClN2O2. The van der Waals surface area contributed by atoms with E-state index in [0.29, 0.717) is 23.0 Å². The predicted octanol–water partition coefficient (Wildman–Crippen LogP) is 2.08. The summed E-state index contributed by atoms with van der Waals surface area (Å²) in [4.78, 5) is 11.0. The molecule has 0 heterocycles. The summed E-state index contributed by atoms with van der Waals surface area (Å²) in [6.45, 7) is 1.61. The average molecular weight is 297 g/mol. The van der Waals surface area contributed by atoms with E-state index in [1.165, 1.54) is 0 Å². The van der Waals surface area contributed by atoms with E-state index in [-0.39, 0.29) is 6.10 Å². The first-order valence-corrected chi connectivity index (χ1v) is 7.41. The number of halogens is 1. The smallest absolute Gasteiger partial charge is 0.248 e. The quantitative estimate of drug-likeness (QED) is 0.779. The topological polar surface area (TPSA) is 75.4 Å². The van der Waals surface area contributed by atoms with Gasteiger partial charge in [0, 0.05) is 17.1 Å². The summed E-state index contributed by atoms with van der Waals surface area (Å²) in [6, 6.07) is 5.14. The first-order valence-electron chi connectivity index (χ1n) is 7.03. The lowest BCUT2D eigenvalue weighted by molar-refractivity contribution is 0.1000. The number of rotatable bonds is 5. The molecule has 1 aliphatic carbocycles. The summed E-state index contributed by atoms with van der Waals surface area (Å²) in [5.74, 6) is 0.161. The van der Waals surface area contributed by atoms with Crippen molar-refractivity contribution >= 4 is 17.5 Å². The molecule has 1 aromatic carbocycles. The highest BCUT2D eigenvalue weighted by Gasteiger charge is 2.18. The van der Waals surface area contributed by atoms with Crippen LogP contribution in [0.3, 0.4) is 0 Å². The number of nitrogens with two attached hydrogens (primary N) is 1. The molecular weight excluding hydrogens is 276 g/mol. The highest BCUT2D eigenvalue weighted by molar-refractivity contribution is 6.31. The van der Waals surface area contributed by atoms with Gasteiger partial charge in [-0.05, 0) is 55.8 Å². The van der Waals surface area contributed by atoms with Crippen LogP contribution >= 0.6 is 11.6 Å². The Labute approximate surface area is 124 Å². The van der Waals surface area contributed by atoms with Crippen LogP contribution in [0.25, 0.3) is 0 Å². The van der Waals surface area contributed by atoms with Crippen molar-refractivity contribution in [2.75, 3.05) is 6.54 Å². The van der Waals surface area contributed by atoms with Crippen LogP contribution in [-0.4, -0.2) is 23.7 Å². The third-order valence-electron chi connectivity index (χ3n) is 3.90. The maximum Gasteiger partial charge on any atom is 0.248 e. The number of aliphatic hydroxyl groups excluding tert-OH is 1. The van der Waals surface area contributed by atoms with Gasteiger partial charge >= 0.3 is 0 Å². The first-order chi connectivity index (χ1) is 9.56. The van der Waals surface area contributed by atoms with E-state index < -0.39 is 5.91 Å². The molecule has 5 heteroatoms. The highest BCUT2D eigenvalue weighted by Crippen LogP contribution is 2.24. The van der Waals surface area contributed by atoms with Gasteiger partial charge in [-0.15, -0.1) is 0 Å². The number of amides is 1. The number of carbonyl (C=O) groups excluding carboxylic acids is 1. The minimum absolute atomic E-state index is 0.109. The molecule has 0 radical (unpaired) electrons. The lowest BCUT2D eigenvalue weighted by Gasteiger charge is -2.25. The van der Waals surface area contributed by atoms with E-state index in [9.17, 15) is 9.90 Å². The van der Waals surface area contributed by atoms with Crippen LogP contribution in [0.2, 0.25) is 5.02 Å². The van der Waals surface area contributed by atoms with E-state index in [4.69, 9.17) is 17.3 Å². The molecule has 20 heavy (non-hydrogen) atoms. The number of benzene rings is 1. The predicted molar refractivity (Wildman–Crippen MR) is 79.6 cm³/mol. The van der Waals surface area contributed by atoms with Gasteiger partial charge in [-0.1, -0.05) is 17.7 Å². The Morgan fingerprint density at radius 3 is 2.65 bits per heavy atom. The fourth-order valence-electron chi connectivity index (χ4n) is 2.60. The summed E-state index contributed by atoms with van der Waals surface area (Å²) in [6.07, 6.45) is 3.84. The van der Waals surface area contributed by atoms with Gasteiger partial charge in [0.05, 0.1) is 6.10 Å². The summed E-state index contributed by atoms with van der Waals surface area (Å²) >= 11 is 6.13. The van der Waals surface area contributed by atoms with Crippen LogP contribution in [0.4, 0.5) is 0 Å². The number of primary amides is 1. The van der Waals surface area contributed by atoms with E-state index in [1.54, 1.807) is 12.1 Å². The minimum Gasteiger partial charge on any atom is -0.393 e. The van der Waals surface area contributed by atoms with Crippen LogP contribution in [0, 0.1) is 5.92 Å². The summed E-state index contributed by atoms with van der Waals surface area (Å²) in [5.41, 5.74) is 6.60. The molecule has 0 unspecified atom stereocenters. The molecule has 2 rings (SSSR count). The molecule has 0 aliphatic heterocycles. The summed E-state index contributed by atoms with van der Waals surface area (Å²) < 4.78 is 0. The van der Waals surface area contributed by atoms with Gasteiger partial charge in [0.2, 0.25) is 5.91 Å². The third kappa shape index (κ3) is 4.20. The highest BCUT2D eigenvalue weighted by atomic mass is 35.5. The fraction of sp³-hybridized carbons (Fsp3) is 0.533. The van der Waals surface area contributed by atoms with Gasteiger partial charge in [0.25, 0.3) is 0 Å². The zero-order valence-electron chi connectivity index (χ0n) is 11.4. The molecule has 1 amide bonds. The number of hydrogen-bond acceptors (Lipinski definition) is 3. The standard InChI is InChI=1S/C15H21ClN2O2/c16-14-7-11(15(17)20)3-4-12(14)9-18-8-10-1-5-13(19)6-2-10/h3-4,7,10,13,18-19H,1-2,5-6,8-9H2,(H2,17,20). The van der Waals surface area contributed by atoms with Crippen molar-refractivity contribution in [2.45, 2.75) is 38.3 Å². The largest absolute Gasteiger partial charge is 0.393 e. The molecule has 0 bridgehead atoms. The molecule has 0 saturated heterocycles. The molecule has 4 N–H and O–H groups in total. The van der Waals surface area contributed by atoms with Crippen molar-refractivity contribution in [1.82, 2.24) is 5.32 Å². The number of nitrogens with one attached hydrogen (secondary N) is 1. The van der Waals surface area contributed by atoms with E-state index in [0.717, 1.165) is 37.8 Å². The van der Waals surface area contributed by atoms with E-state index in [1.807, 2.05) is 6.07 Å². The van der Waals surface area contributed by atoms with Crippen molar-refractivity contribution in [2.24, 2.45) is 11.7 Å². The van der Waals surface area contributed by atoms with Gasteiger partial charge in [0.1, 0.15) is 0 Å². The first kappa shape index (κ1) is 15.3. The molecule has 0 spiro atoms. The summed E-state index contributed by atoms with van der Waals surface area (Å²) in [7, 11) is 0. The molecule has 1 aliphatic rings. The molecule has 0 atom stereocenters. The maximum atomic E-state index is 11.0. The van der Waals surface area contributed by atoms with E-state index in [2.05, 4.69) is 5.32 Å². The fourth-order valence-corrected chi connectivity index (χ4v) is 2.85. The Morgan fingerprint density at radius 2 is 2.05 bits per heavy atom. The van der Waals surface area contributed by atoms with Crippen LogP contribution in [0.5, 0.6) is 0 Å². The minimum atomic E-state index is -0.466. The van der Waals surface area contributed by atoms with Crippen molar-refractivity contribution in [3.05, 3.63) is 34.3 Å². The van der Waals surface area contributed by atoms with Gasteiger partial charge in [-0.3, -0.25) is 4.79 Å². The zero-order chi connectivity index (χ0) is 14.5. The monoisotopic (exact) mass is 296 g/mol. The number of hydrogen-bond donors (Lipinski definition) is 3. The van der Waals surface area contributed by atoms with Gasteiger partial charge in [0.15, 0.2) is 0 Å². The Morgan fingerprint density at radius 1 is 1.35 bits per heavy atom. The molecule has 1 saturated carbocycles. The second-order valence-corrected chi connectivity index (χ2v) is 5.88. The molecule has 1 fully saturated rings. The maximum absolute atomic E-state index is 11.0. The lowest BCUT2D eigenvalue weighted by Crippen LogP contribution is -2.27. The Hall–Kier alpha value is -1.10. The van der Waals surface area contributed by atoms with Crippen molar-refractivity contribution < 1.29 is 9.90 Å². The van der Waals surface area contributed by atoms with Gasteiger partial charge < -0.3 is 16.2 Å². The second-order valence-electron chi connectivity index (χ2n) is 5.48. The normalized spacial score (nSPS) is 22.7. The van der Waals surface area contributed by atoms with E-state index >= 15 is 0 Å². The van der Waals surface area contributed by atoms with Crippen molar-refractivity contribution in [3.8, 4) is 0 Å².